The van der Waals surface area contributed by atoms with Crippen molar-refractivity contribution in [2.45, 2.75) is 53.6 Å². The molecule has 0 fully saturated rings. The zero-order valence-corrected chi connectivity index (χ0v) is 26.7. The first kappa shape index (κ1) is 27.5. The maximum atomic E-state index is 14.7. The molecule has 0 saturated heterocycles. The smallest absolute Gasteiger partial charge is 0.260 e. The second-order valence-electron chi connectivity index (χ2n) is 13.0. The van der Waals surface area contributed by atoms with E-state index in [0.29, 0.717) is 0 Å². The molecule has 0 amide bonds. The van der Waals surface area contributed by atoms with Gasteiger partial charge in [0.1, 0.15) is 11.5 Å². The third kappa shape index (κ3) is 3.96. The summed E-state index contributed by atoms with van der Waals surface area (Å²) in [5.41, 5.74) is 15.4. The summed E-state index contributed by atoms with van der Waals surface area (Å²) in [7, 11) is 0. The van der Waals surface area contributed by atoms with Gasteiger partial charge in [-0.1, -0.05) is 78.9 Å². The highest BCUT2D eigenvalue weighted by Crippen LogP contribution is 2.43. The summed E-state index contributed by atoms with van der Waals surface area (Å²) in [6.07, 6.45) is 4.63. The minimum Gasteiger partial charge on any atom is -0.283 e. The van der Waals surface area contributed by atoms with Gasteiger partial charge in [0.05, 0.1) is 6.04 Å². The number of aryl methyl sites for hydroxylation is 6. The van der Waals surface area contributed by atoms with E-state index in [4.69, 9.17) is 4.99 Å². The van der Waals surface area contributed by atoms with Crippen LogP contribution in [0.2, 0.25) is 0 Å². The van der Waals surface area contributed by atoms with Gasteiger partial charge >= 0.3 is 0 Å². The van der Waals surface area contributed by atoms with E-state index in [1.807, 2.05) is 16.7 Å². The Kier molecular flexibility index (Phi) is 6.12. The van der Waals surface area contributed by atoms with E-state index in [9.17, 15) is 4.79 Å². The molecule has 2 unspecified atom stereocenters. The first-order valence-electron chi connectivity index (χ1n) is 15.8. The van der Waals surface area contributed by atoms with Crippen LogP contribution >= 0.6 is 0 Å². The highest BCUT2D eigenvalue weighted by molar-refractivity contribution is 6.15. The molecule has 0 radical (unpaired) electrons. The first-order valence-corrected chi connectivity index (χ1v) is 15.8. The van der Waals surface area contributed by atoms with E-state index in [1.165, 1.54) is 55.6 Å². The third-order valence-corrected chi connectivity index (χ3v) is 10.1. The summed E-state index contributed by atoms with van der Waals surface area (Å²) in [6.45, 7) is 13.0. The topological polar surface area (TPSA) is 34.4 Å². The van der Waals surface area contributed by atoms with E-state index < -0.39 is 0 Å². The van der Waals surface area contributed by atoms with Crippen LogP contribution in [0.3, 0.4) is 0 Å². The molecule has 0 N–H and O–H groups in total. The molecule has 8 rings (SSSR count). The number of allylic oxidation sites excluding steroid dienone is 2. The summed E-state index contributed by atoms with van der Waals surface area (Å²) in [5.74, 6) is 0. The molecule has 2 aliphatic rings. The van der Waals surface area contributed by atoms with Crippen LogP contribution in [0.4, 0.5) is 0 Å². The van der Waals surface area contributed by atoms with Gasteiger partial charge in [0.15, 0.2) is 0 Å². The fourth-order valence-corrected chi connectivity index (χ4v) is 8.16. The van der Waals surface area contributed by atoms with Crippen molar-refractivity contribution in [3.63, 3.8) is 0 Å². The molecule has 1 aliphatic carbocycles. The Bertz CT molecular complexity index is 2360. The lowest BCUT2D eigenvalue weighted by Crippen LogP contribution is -2.35. The number of hydrogen-bond acceptors (Lipinski definition) is 2. The zero-order valence-electron chi connectivity index (χ0n) is 26.7. The SMILES string of the molecule is Cc1cccc(C)c1C1=CC2C(N=c3c4ccc(-c5c(C)cccc5C)c5cccc(c(=O)n32)c54)C(c2c(C)cccc2C)=C1. The number of benzene rings is 5. The molecule has 2 heterocycles. The fourth-order valence-electron chi connectivity index (χ4n) is 8.16. The largest absolute Gasteiger partial charge is 0.283 e. The second kappa shape index (κ2) is 10.0. The highest BCUT2D eigenvalue weighted by Gasteiger charge is 2.37. The normalized spacial score (nSPS) is 17.2. The van der Waals surface area contributed by atoms with E-state index >= 15 is 0 Å². The van der Waals surface area contributed by atoms with E-state index in [2.05, 4.69) is 126 Å². The van der Waals surface area contributed by atoms with Gasteiger partial charge in [-0.3, -0.25) is 14.4 Å². The Morgan fingerprint density at radius 1 is 0.578 bits per heavy atom. The Morgan fingerprint density at radius 2 is 1.11 bits per heavy atom. The molecule has 5 aromatic carbocycles. The van der Waals surface area contributed by atoms with Crippen LogP contribution in [0.15, 0.2) is 107 Å². The Hall–Kier alpha value is -5.02. The molecule has 6 aromatic rings. The molecule has 45 heavy (non-hydrogen) atoms. The molecule has 0 spiro atoms. The molecule has 3 nitrogen and oxygen atoms in total. The lowest BCUT2D eigenvalue weighted by atomic mass is 9.80. The fraction of sp³-hybridized carbons (Fsp3) is 0.190. The maximum Gasteiger partial charge on any atom is 0.260 e. The van der Waals surface area contributed by atoms with Crippen LogP contribution in [0.5, 0.6) is 0 Å². The monoisotopic (exact) mass is 584 g/mol. The Labute approximate surface area is 263 Å². The van der Waals surface area contributed by atoms with Gasteiger partial charge in [0, 0.05) is 16.2 Å². The van der Waals surface area contributed by atoms with E-state index in [0.717, 1.165) is 38.2 Å². The van der Waals surface area contributed by atoms with Gasteiger partial charge in [0.25, 0.3) is 5.56 Å². The molecule has 220 valence electrons. The highest BCUT2D eigenvalue weighted by atomic mass is 16.1. The first-order chi connectivity index (χ1) is 21.7. The van der Waals surface area contributed by atoms with Gasteiger partial charge < -0.3 is 0 Å². The lowest BCUT2D eigenvalue weighted by Gasteiger charge is -2.29. The number of fused-ring (bicyclic) bond motifs is 4. The van der Waals surface area contributed by atoms with Gasteiger partial charge in [-0.2, -0.15) is 0 Å². The van der Waals surface area contributed by atoms with Crippen LogP contribution in [0, 0.1) is 41.5 Å². The summed E-state index contributed by atoms with van der Waals surface area (Å²) < 4.78 is 1.98. The summed E-state index contributed by atoms with van der Waals surface area (Å²) >= 11 is 0. The van der Waals surface area contributed by atoms with E-state index in [-0.39, 0.29) is 17.6 Å². The lowest BCUT2D eigenvalue weighted by molar-refractivity contribution is 0.587. The Balaban J connectivity index is 1.45. The summed E-state index contributed by atoms with van der Waals surface area (Å²) in [4.78, 5) is 20.1. The van der Waals surface area contributed by atoms with Crippen LogP contribution in [-0.2, 0) is 0 Å². The Morgan fingerprint density at radius 3 is 1.73 bits per heavy atom. The molecular weight excluding hydrogens is 548 g/mol. The number of hydrogen-bond donors (Lipinski definition) is 0. The standard InChI is InChI=1S/C42H36N2O/c1-23-11-7-12-24(2)36(23)29-21-34(38-27(5)15-9-16-28(38)6)40-35(22-29)44-41(43-40)32-20-19-31(37-25(3)13-8-14-26(37)4)30-17-10-18-33(39(30)32)42(44)45/h7-22,35,40H,1-6H3. The van der Waals surface area contributed by atoms with Crippen LogP contribution in [0.25, 0.3) is 43.8 Å². The quantitative estimate of drug-likeness (QED) is 0.204. The average Bonchev–Trinajstić information content (AvgIpc) is 3.40. The minimum absolute atomic E-state index is 0.0258. The van der Waals surface area contributed by atoms with E-state index in [1.54, 1.807) is 0 Å². The molecule has 0 saturated carbocycles. The van der Waals surface area contributed by atoms with Crippen LogP contribution in [-0.4, -0.2) is 10.6 Å². The van der Waals surface area contributed by atoms with Crippen molar-refractivity contribution in [1.29, 1.82) is 0 Å². The third-order valence-electron chi connectivity index (χ3n) is 10.1. The van der Waals surface area contributed by atoms with Crippen molar-refractivity contribution in [3.8, 4) is 11.1 Å². The average molecular weight is 585 g/mol. The molecule has 3 heteroatoms. The van der Waals surface area contributed by atoms with Gasteiger partial charge in [-0.25, -0.2) is 0 Å². The van der Waals surface area contributed by atoms with Crippen LogP contribution < -0.4 is 11.0 Å². The van der Waals surface area contributed by atoms with Crippen molar-refractivity contribution in [2.24, 2.45) is 4.99 Å². The van der Waals surface area contributed by atoms with Crippen LogP contribution in [0.1, 0.15) is 50.5 Å². The van der Waals surface area contributed by atoms with Crippen molar-refractivity contribution in [3.05, 3.63) is 157 Å². The van der Waals surface area contributed by atoms with Gasteiger partial charge in [-0.15, -0.1) is 0 Å². The predicted octanol–water partition coefficient (Wildman–Crippen LogP) is 9.11. The number of rotatable bonds is 3. The van der Waals surface area contributed by atoms with Crippen molar-refractivity contribution in [2.75, 3.05) is 0 Å². The molecule has 0 bridgehead atoms. The molecule has 1 aromatic heterocycles. The van der Waals surface area contributed by atoms with Crippen molar-refractivity contribution in [1.82, 2.24) is 4.57 Å². The minimum atomic E-state index is -0.220. The van der Waals surface area contributed by atoms with Crippen molar-refractivity contribution >= 4 is 32.7 Å². The predicted molar refractivity (Wildman–Crippen MR) is 188 cm³/mol. The summed E-state index contributed by atoms with van der Waals surface area (Å²) in [6, 6.07) is 29.6. The number of pyridine rings is 1. The van der Waals surface area contributed by atoms with Gasteiger partial charge in [0.2, 0.25) is 0 Å². The zero-order chi connectivity index (χ0) is 31.1. The summed E-state index contributed by atoms with van der Waals surface area (Å²) in [5, 5.41) is 3.89. The second-order valence-corrected chi connectivity index (χ2v) is 13.0. The number of aromatic nitrogens is 1. The number of nitrogens with zero attached hydrogens (tertiary/aromatic N) is 2. The molecular formula is C42H36N2O. The molecule has 2 atom stereocenters. The van der Waals surface area contributed by atoms with Gasteiger partial charge in [-0.05, 0) is 132 Å². The maximum absolute atomic E-state index is 14.7. The van der Waals surface area contributed by atoms with Crippen molar-refractivity contribution < 1.29 is 0 Å². The molecule has 1 aliphatic heterocycles.